The van der Waals surface area contributed by atoms with E-state index in [9.17, 15) is 13.5 Å². The van der Waals surface area contributed by atoms with Crippen molar-refractivity contribution in [3.63, 3.8) is 0 Å². The van der Waals surface area contributed by atoms with E-state index in [1.807, 2.05) is 61.7 Å². The van der Waals surface area contributed by atoms with Gasteiger partial charge in [0.25, 0.3) is 0 Å². The smallest absolute Gasteiger partial charge is 0.240 e. The highest BCUT2D eigenvalue weighted by atomic mass is 32.2. The van der Waals surface area contributed by atoms with E-state index < -0.39 is 16.3 Å². The third-order valence-corrected chi connectivity index (χ3v) is 8.24. The van der Waals surface area contributed by atoms with Crippen LogP contribution in [0.25, 0.3) is 0 Å². The molecule has 0 saturated carbocycles. The number of nitrogens with one attached hydrogen (secondary N) is 1. The third-order valence-electron chi connectivity index (χ3n) is 6.83. The van der Waals surface area contributed by atoms with Gasteiger partial charge in [-0.05, 0) is 35.9 Å². The molecule has 0 amide bonds. The molecule has 4 atom stereocenters. The molecule has 0 aromatic heterocycles. The minimum Gasteiger partial charge on any atom is -0.392 e. The van der Waals surface area contributed by atoms with Crippen LogP contribution in [0.3, 0.4) is 0 Å². The number of aliphatic hydroxyl groups excluding tert-OH is 1. The lowest BCUT2D eigenvalue weighted by Gasteiger charge is -2.42. The molecule has 0 unspecified atom stereocenters. The fraction of sp³-hybridized carbons (Fsp3) is 0.333. The number of likely N-dealkylation sites (N-methyl/N-ethyl adjacent to an activating group) is 1. The second-order valence-electron chi connectivity index (χ2n) is 9.71. The molecule has 1 fully saturated rings. The average Bonchev–Trinajstić information content (AvgIpc) is 2.94. The highest BCUT2D eigenvalue weighted by molar-refractivity contribution is 7.89. The number of rotatable bonds is 11. The first kappa shape index (κ1) is 28.2. The fourth-order valence-corrected chi connectivity index (χ4v) is 5.62. The van der Waals surface area contributed by atoms with Crippen LogP contribution in [0.15, 0.2) is 96.4 Å². The SMILES string of the molecule is C=CCN(C)C[C@@H]1O[C@H](c2ccc(CNS(=O)(=O)c3ccccc3)cc2)O[C@H](c2ccc(CO)cc2)[C@@H]1C. The van der Waals surface area contributed by atoms with Crippen LogP contribution in [0.5, 0.6) is 0 Å². The summed E-state index contributed by atoms with van der Waals surface area (Å²) in [5.41, 5.74) is 3.58. The predicted molar refractivity (Wildman–Crippen MR) is 148 cm³/mol. The van der Waals surface area contributed by atoms with Crippen molar-refractivity contribution in [2.75, 3.05) is 20.1 Å². The summed E-state index contributed by atoms with van der Waals surface area (Å²) in [6.45, 7) is 7.62. The molecule has 38 heavy (non-hydrogen) atoms. The maximum absolute atomic E-state index is 12.6. The van der Waals surface area contributed by atoms with E-state index in [0.29, 0.717) is 0 Å². The van der Waals surface area contributed by atoms with Crippen LogP contribution in [-0.2, 0) is 32.6 Å². The van der Waals surface area contributed by atoms with E-state index >= 15 is 0 Å². The molecular weight excluding hydrogens is 500 g/mol. The van der Waals surface area contributed by atoms with Crippen LogP contribution in [0.1, 0.15) is 41.6 Å². The Kier molecular flexibility index (Phi) is 9.49. The van der Waals surface area contributed by atoms with Gasteiger partial charge in [-0.1, -0.05) is 79.7 Å². The van der Waals surface area contributed by atoms with Gasteiger partial charge in [0.1, 0.15) is 0 Å². The van der Waals surface area contributed by atoms with Crippen LogP contribution < -0.4 is 4.72 Å². The van der Waals surface area contributed by atoms with Gasteiger partial charge in [-0.15, -0.1) is 6.58 Å². The van der Waals surface area contributed by atoms with Crippen LogP contribution in [0, 0.1) is 5.92 Å². The summed E-state index contributed by atoms with van der Waals surface area (Å²) < 4.78 is 40.7. The summed E-state index contributed by atoms with van der Waals surface area (Å²) in [6, 6.07) is 23.8. The molecule has 8 heteroatoms. The van der Waals surface area contributed by atoms with E-state index in [2.05, 4.69) is 23.1 Å². The van der Waals surface area contributed by atoms with Crippen molar-refractivity contribution in [1.82, 2.24) is 9.62 Å². The number of ether oxygens (including phenoxy) is 2. The standard InChI is InChI=1S/C30H36N2O5S/c1-4-18-32(3)20-28-22(2)29(25-14-12-24(21-33)13-15-25)37-30(36-28)26-16-10-23(11-17-26)19-31-38(34,35)27-8-6-5-7-9-27/h4-17,22,28-31,33H,1,18-21H2,2-3H3/t22-,28+,29+,30+/m1/s1. The lowest BCUT2D eigenvalue weighted by molar-refractivity contribution is -0.275. The highest BCUT2D eigenvalue weighted by Crippen LogP contribution is 2.41. The zero-order valence-corrected chi connectivity index (χ0v) is 22.7. The Morgan fingerprint density at radius 2 is 1.58 bits per heavy atom. The Hall–Kier alpha value is -2.85. The highest BCUT2D eigenvalue weighted by Gasteiger charge is 2.38. The first-order chi connectivity index (χ1) is 18.3. The molecule has 3 aromatic carbocycles. The Balaban J connectivity index is 1.50. The van der Waals surface area contributed by atoms with Crippen LogP contribution in [0.2, 0.25) is 0 Å². The third kappa shape index (κ3) is 6.96. The van der Waals surface area contributed by atoms with Gasteiger partial charge in [0.15, 0.2) is 6.29 Å². The van der Waals surface area contributed by atoms with E-state index in [0.717, 1.165) is 35.3 Å². The molecule has 0 spiro atoms. The zero-order valence-electron chi connectivity index (χ0n) is 21.9. The first-order valence-electron chi connectivity index (χ1n) is 12.7. The Morgan fingerprint density at radius 1 is 0.947 bits per heavy atom. The molecular formula is C30H36N2O5S. The van der Waals surface area contributed by atoms with Gasteiger partial charge in [-0.2, -0.15) is 0 Å². The van der Waals surface area contributed by atoms with Gasteiger partial charge in [-0.3, -0.25) is 0 Å². The minimum atomic E-state index is -3.59. The molecule has 1 aliphatic rings. The van der Waals surface area contributed by atoms with Crippen molar-refractivity contribution in [2.45, 2.75) is 43.5 Å². The molecule has 1 saturated heterocycles. The van der Waals surface area contributed by atoms with E-state index in [4.69, 9.17) is 9.47 Å². The van der Waals surface area contributed by atoms with Crippen LogP contribution in [-0.4, -0.2) is 44.7 Å². The number of nitrogens with zero attached hydrogens (tertiary/aromatic N) is 1. The number of hydrogen-bond acceptors (Lipinski definition) is 6. The maximum atomic E-state index is 12.6. The van der Waals surface area contributed by atoms with Crippen molar-refractivity contribution >= 4 is 10.0 Å². The van der Waals surface area contributed by atoms with Crippen molar-refractivity contribution in [3.05, 3.63) is 114 Å². The van der Waals surface area contributed by atoms with E-state index in [1.165, 1.54) is 0 Å². The summed E-state index contributed by atoms with van der Waals surface area (Å²) in [6.07, 6.45) is 1.02. The quantitative estimate of drug-likeness (QED) is 0.349. The summed E-state index contributed by atoms with van der Waals surface area (Å²) in [4.78, 5) is 2.41. The second-order valence-corrected chi connectivity index (χ2v) is 11.5. The molecule has 4 rings (SSSR count). The van der Waals surface area contributed by atoms with Gasteiger partial charge < -0.3 is 19.5 Å². The molecule has 1 heterocycles. The molecule has 0 bridgehead atoms. The molecule has 0 radical (unpaired) electrons. The first-order valence-corrected chi connectivity index (χ1v) is 14.2. The Morgan fingerprint density at radius 3 is 2.21 bits per heavy atom. The summed E-state index contributed by atoms with van der Waals surface area (Å²) in [5.74, 6) is 0.0881. The largest absolute Gasteiger partial charge is 0.392 e. The monoisotopic (exact) mass is 536 g/mol. The summed E-state index contributed by atoms with van der Waals surface area (Å²) in [5, 5.41) is 9.43. The number of benzene rings is 3. The Bertz CT molecular complexity index is 1280. The molecule has 2 N–H and O–H groups in total. The average molecular weight is 537 g/mol. The van der Waals surface area contributed by atoms with E-state index in [-0.39, 0.29) is 36.2 Å². The molecule has 7 nitrogen and oxygen atoms in total. The number of hydrogen-bond donors (Lipinski definition) is 2. The van der Waals surface area contributed by atoms with Gasteiger partial charge in [0.05, 0.1) is 23.7 Å². The van der Waals surface area contributed by atoms with E-state index in [1.54, 1.807) is 30.3 Å². The molecule has 3 aromatic rings. The van der Waals surface area contributed by atoms with Crippen molar-refractivity contribution in [2.24, 2.45) is 5.92 Å². The Labute approximate surface area is 225 Å². The van der Waals surface area contributed by atoms with Crippen molar-refractivity contribution < 1.29 is 23.0 Å². The zero-order chi connectivity index (χ0) is 27.1. The van der Waals surface area contributed by atoms with Crippen molar-refractivity contribution in [3.8, 4) is 0 Å². The lowest BCUT2D eigenvalue weighted by Crippen LogP contribution is -2.43. The molecule has 0 aliphatic carbocycles. The number of aliphatic hydroxyl groups is 1. The summed E-state index contributed by atoms with van der Waals surface area (Å²) in [7, 11) is -1.55. The second kappa shape index (κ2) is 12.8. The van der Waals surface area contributed by atoms with Crippen LogP contribution >= 0.6 is 0 Å². The van der Waals surface area contributed by atoms with Gasteiger partial charge in [0, 0.05) is 31.1 Å². The van der Waals surface area contributed by atoms with Gasteiger partial charge in [0.2, 0.25) is 10.0 Å². The minimum absolute atomic E-state index is 0.00405. The maximum Gasteiger partial charge on any atom is 0.240 e. The molecule has 202 valence electrons. The topological polar surface area (TPSA) is 88.1 Å². The number of sulfonamides is 1. The summed E-state index contributed by atoms with van der Waals surface area (Å²) >= 11 is 0. The molecule has 1 aliphatic heterocycles. The van der Waals surface area contributed by atoms with Gasteiger partial charge in [-0.25, -0.2) is 13.1 Å². The van der Waals surface area contributed by atoms with Crippen molar-refractivity contribution in [1.29, 1.82) is 0 Å². The normalized spacial score (nSPS) is 21.9. The van der Waals surface area contributed by atoms with Gasteiger partial charge >= 0.3 is 0 Å². The van der Waals surface area contributed by atoms with Crippen LogP contribution in [0.4, 0.5) is 0 Å². The predicted octanol–water partition coefficient (Wildman–Crippen LogP) is 4.57. The lowest BCUT2D eigenvalue weighted by atomic mass is 9.90. The fourth-order valence-electron chi connectivity index (χ4n) is 4.58.